The van der Waals surface area contributed by atoms with Crippen molar-refractivity contribution in [2.75, 3.05) is 13.1 Å². The van der Waals surface area contributed by atoms with Gasteiger partial charge < -0.3 is 11.5 Å². The van der Waals surface area contributed by atoms with Crippen molar-refractivity contribution >= 4 is 0 Å². The van der Waals surface area contributed by atoms with E-state index in [1.165, 1.54) is 128 Å². The minimum Gasteiger partial charge on any atom is -0.330 e. The lowest BCUT2D eigenvalue weighted by molar-refractivity contribution is 0.0975. The summed E-state index contributed by atoms with van der Waals surface area (Å²) in [5.41, 5.74) is 11.2. The van der Waals surface area contributed by atoms with Gasteiger partial charge in [0.05, 0.1) is 0 Å². The van der Waals surface area contributed by atoms with E-state index in [0.717, 1.165) is 36.8 Å². The molecule has 1 fully saturated rings. The van der Waals surface area contributed by atoms with Gasteiger partial charge in [-0.05, 0) is 62.4 Å². The quantitative estimate of drug-likeness (QED) is 0.177. The maximum atomic E-state index is 5.63. The molecule has 186 valence electrons. The zero-order chi connectivity index (χ0) is 22.6. The first-order valence-electron chi connectivity index (χ1n) is 14.6. The molecule has 0 aromatic carbocycles. The van der Waals surface area contributed by atoms with Gasteiger partial charge in [-0.1, -0.05) is 123 Å². The van der Waals surface area contributed by atoms with Crippen molar-refractivity contribution in [1.82, 2.24) is 0 Å². The molecule has 4 atom stereocenters. The molecular weight excluding hydrogens is 376 g/mol. The molecule has 0 bridgehead atoms. The van der Waals surface area contributed by atoms with Crippen LogP contribution < -0.4 is 11.5 Å². The topological polar surface area (TPSA) is 52.0 Å². The Morgan fingerprint density at radius 3 is 1.35 bits per heavy atom. The Morgan fingerprint density at radius 2 is 0.871 bits per heavy atom. The third-order valence-corrected chi connectivity index (χ3v) is 8.24. The Morgan fingerprint density at radius 1 is 0.484 bits per heavy atom. The highest BCUT2D eigenvalue weighted by molar-refractivity contribution is 4.84. The van der Waals surface area contributed by atoms with Gasteiger partial charge in [0.15, 0.2) is 0 Å². The van der Waals surface area contributed by atoms with E-state index in [9.17, 15) is 0 Å². The largest absolute Gasteiger partial charge is 0.330 e. The summed E-state index contributed by atoms with van der Waals surface area (Å²) in [6, 6.07) is 0. The molecule has 0 amide bonds. The van der Waals surface area contributed by atoms with E-state index >= 15 is 0 Å². The van der Waals surface area contributed by atoms with Crippen LogP contribution in [-0.4, -0.2) is 13.1 Å². The second-order valence-corrected chi connectivity index (χ2v) is 11.0. The zero-order valence-electron chi connectivity index (χ0n) is 21.7. The third kappa shape index (κ3) is 14.6. The first-order valence-corrected chi connectivity index (χ1v) is 14.6. The second kappa shape index (κ2) is 20.5. The fourth-order valence-corrected chi connectivity index (χ4v) is 6.13. The minimum atomic E-state index is 0.869. The van der Waals surface area contributed by atoms with E-state index in [-0.39, 0.29) is 0 Å². The molecule has 0 radical (unpaired) electrons. The van der Waals surface area contributed by atoms with Gasteiger partial charge in [0, 0.05) is 0 Å². The number of nitrogens with two attached hydrogens (primary N) is 2. The highest BCUT2D eigenvalue weighted by Crippen LogP contribution is 2.44. The summed E-state index contributed by atoms with van der Waals surface area (Å²) in [5, 5.41) is 0. The molecule has 4 N–H and O–H groups in total. The maximum Gasteiger partial charge on any atom is -0.00773 e. The first kappa shape index (κ1) is 29.0. The van der Waals surface area contributed by atoms with Crippen LogP contribution in [0.15, 0.2) is 0 Å². The normalized spacial score (nSPS) is 24.0. The van der Waals surface area contributed by atoms with E-state index in [1.807, 2.05) is 0 Å². The summed E-state index contributed by atoms with van der Waals surface area (Å²) in [6.07, 6.45) is 29.9. The van der Waals surface area contributed by atoms with Gasteiger partial charge in [0.25, 0.3) is 0 Å². The van der Waals surface area contributed by atoms with Crippen molar-refractivity contribution in [2.45, 2.75) is 149 Å². The van der Waals surface area contributed by atoms with Gasteiger partial charge in [-0.3, -0.25) is 0 Å². The number of hydrogen-bond acceptors (Lipinski definition) is 2. The van der Waals surface area contributed by atoms with Crippen molar-refractivity contribution in [3.05, 3.63) is 0 Å². The molecule has 0 aromatic heterocycles. The molecular formula is C29H60N2. The predicted molar refractivity (Wildman–Crippen MR) is 140 cm³/mol. The average molecular weight is 437 g/mol. The predicted octanol–water partition coefficient (Wildman–Crippen LogP) is 8.61. The number of unbranched alkanes of at least 4 members (excludes halogenated alkanes) is 13. The molecule has 1 aliphatic rings. The lowest BCUT2D eigenvalue weighted by atomic mass is 9.65. The summed E-state index contributed by atoms with van der Waals surface area (Å²) >= 11 is 0. The molecule has 31 heavy (non-hydrogen) atoms. The summed E-state index contributed by atoms with van der Waals surface area (Å²) in [7, 11) is 0. The van der Waals surface area contributed by atoms with Gasteiger partial charge in [-0.2, -0.15) is 0 Å². The van der Waals surface area contributed by atoms with Crippen LogP contribution in [0.1, 0.15) is 149 Å². The van der Waals surface area contributed by atoms with Crippen LogP contribution in [0.2, 0.25) is 0 Å². The van der Waals surface area contributed by atoms with Crippen molar-refractivity contribution in [2.24, 2.45) is 35.1 Å². The molecule has 0 saturated heterocycles. The first-order chi connectivity index (χ1) is 15.2. The van der Waals surface area contributed by atoms with Crippen molar-refractivity contribution < 1.29 is 0 Å². The average Bonchev–Trinajstić information content (AvgIpc) is 2.77. The Kier molecular flexibility index (Phi) is 19.2. The monoisotopic (exact) mass is 436 g/mol. The standard InChI is InChI=1S/C29H60N2/c1-3-4-5-14-20-28-24-26(2)27(19-15-10-6-8-12-17-22-30)25-29(28)21-16-11-7-9-13-18-23-31/h26-29H,3-25,30-31H2,1-2H3. The fraction of sp³-hybridized carbons (Fsp3) is 1.00. The summed E-state index contributed by atoms with van der Waals surface area (Å²) in [4.78, 5) is 0. The van der Waals surface area contributed by atoms with Crippen LogP contribution in [0, 0.1) is 23.7 Å². The van der Waals surface area contributed by atoms with E-state index in [2.05, 4.69) is 13.8 Å². The Bertz CT molecular complexity index is 370. The van der Waals surface area contributed by atoms with Gasteiger partial charge in [-0.15, -0.1) is 0 Å². The molecule has 1 rings (SSSR count). The van der Waals surface area contributed by atoms with E-state index in [1.54, 1.807) is 6.42 Å². The smallest absolute Gasteiger partial charge is 0.00773 e. The van der Waals surface area contributed by atoms with Gasteiger partial charge in [0.2, 0.25) is 0 Å². The van der Waals surface area contributed by atoms with Crippen LogP contribution in [0.4, 0.5) is 0 Å². The van der Waals surface area contributed by atoms with E-state index in [0.29, 0.717) is 0 Å². The van der Waals surface area contributed by atoms with Gasteiger partial charge in [0.1, 0.15) is 0 Å². The van der Waals surface area contributed by atoms with Crippen molar-refractivity contribution in [3.8, 4) is 0 Å². The molecule has 0 spiro atoms. The Labute approximate surface area is 197 Å². The van der Waals surface area contributed by atoms with Crippen LogP contribution in [-0.2, 0) is 0 Å². The lowest BCUT2D eigenvalue weighted by Gasteiger charge is -2.41. The van der Waals surface area contributed by atoms with Crippen LogP contribution in [0.5, 0.6) is 0 Å². The van der Waals surface area contributed by atoms with Crippen LogP contribution >= 0.6 is 0 Å². The summed E-state index contributed by atoms with van der Waals surface area (Å²) in [6.45, 7) is 6.66. The SMILES string of the molecule is CCCCCCC1CC(C)C(CCCCCCCCN)CC1CCCCCCCCN. The highest BCUT2D eigenvalue weighted by atomic mass is 14.5. The Balaban J connectivity index is 2.36. The Hall–Kier alpha value is -0.0800. The van der Waals surface area contributed by atoms with Gasteiger partial charge >= 0.3 is 0 Å². The molecule has 2 heteroatoms. The minimum absolute atomic E-state index is 0.869. The van der Waals surface area contributed by atoms with Crippen LogP contribution in [0.3, 0.4) is 0 Å². The molecule has 1 saturated carbocycles. The molecule has 1 aliphatic carbocycles. The number of rotatable bonds is 21. The summed E-state index contributed by atoms with van der Waals surface area (Å²) < 4.78 is 0. The molecule has 0 aromatic rings. The van der Waals surface area contributed by atoms with Crippen LogP contribution in [0.25, 0.3) is 0 Å². The molecule has 0 aliphatic heterocycles. The van der Waals surface area contributed by atoms with E-state index in [4.69, 9.17) is 11.5 Å². The second-order valence-electron chi connectivity index (χ2n) is 11.0. The lowest BCUT2D eigenvalue weighted by Crippen LogP contribution is -2.31. The summed E-state index contributed by atoms with van der Waals surface area (Å²) in [5.74, 6) is 4.01. The maximum absolute atomic E-state index is 5.63. The zero-order valence-corrected chi connectivity index (χ0v) is 21.7. The molecule has 2 nitrogen and oxygen atoms in total. The van der Waals surface area contributed by atoms with Gasteiger partial charge in [-0.25, -0.2) is 0 Å². The number of hydrogen-bond donors (Lipinski definition) is 2. The highest BCUT2D eigenvalue weighted by Gasteiger charge is 2.33. The van der Waals surface area contributed by atoms with Crippen molar-refractivity contribution in [1.29, 1.82) is 0 Å². The molecule has 0 heterocycles. The van der Waals surface area contributed by atoms with E-state index < -0.39 is 0 Å². The van der Waals surface area contributed by atoms with Crippen molar-refractivity contribution in [3.63, 3.8) is 0 Å². The molecule has 4 unspecified atom stereocenters. The third-order valence-electron chi connectivity index (χ3n) is 8.24. The fourth-order valence-electron chi connectivity index (χ4n) is 6.13.